The van der Waals surface area contributed by atoms with Crippen LogP contribution < -0.4 is 5.73 Å². The maximum absolute atomic E-state index is 11.1. The third-order valence-electron chi connectivity index (χ3n) is 3.65. The molecule has 0 atom stereocenters. The van der Waals surface area contributed by atoms with E-state index in [1.807, 2.05) is 25.1 Å². The third-order valence-corrected chi connectivity index (χ3v) is 3.65. The molecule has 0 aliphatic carbocycles. The van der Waals surface area contributed by atoms with E-state index >= 15 is 0 Å². The van der Waals surface area contributed by atoms with Gasteiger partial charge in [-0.15, -0.1) is 0 Å². The quantitative estimate of drug-likeness (QED) is 0.589. The fourth-order valence-corrected chi connectivity index (χ4v) is 2.52. The Morgan fingerprint density at radius 1 is 1.13 bits per heavy atom. The number of aromatic nitrogens is 2. The van der Waals surface area contributed by atoms with Crippen molar-refractivity contribution in [2.45, 2.75) is 6.92 Å². The average Bonchev–Trinajstić information content (AvgIpc) is 2.56. The molecule has 6 heteroatoms. The average molecular weight is 306 g/mol. The molecule has 2 heterocycles. The van der Waals surface area contributed by atoms with Gasteiger partial charge in [0.1, 0.15) is 5.82 Å². The highest BCUT2D eigenvalue weighted by Gasteiger charge is 2.17. The summed E-state index contributed by atoms with van der Waals surface area (Å²) >= 11 is 0. The maximum atomic E-state index is 11.1. The monoisotopic (exact) mass is 306 g/mol. The van der Waals surface area contributed by atoms with Crippen molar-refractivity contribution in [2.75, 3.05) is 5.73 Å². The fourth-order valence-electron chi connectivity index (χ4n) is 2.52. The van der Waals surface area contributed by atoms with Crippen LogP contribution in [-0.4, -0.2) is 14.9 Å². The van der Waals surface area contributed by atoms with Gasteiger partial charge in [-0.3, -0.25) is 15.1 Å². The van der Waals surface area contributed by atoms with E-state index in [1.165, 1.54) is 12.1 Å². The number of nitrogens with zero attached hydrogens (tertiary/aromatic N) is 3. The molecular weight excluding hydrogens is 292 g/mol. The Hall–Kier alpha value is -3.28. The van der Waals surface area contributed by atoms with Crippen LogP contribution in [0.1, 0.15) is 5.56 Å². The van der Waals surface area contributed by atoms with Crippen LogP contribution in [0.4, 0.5) is 11.5 Å². The highest BCUT2D eigenvalue weighted by molar-refractivity contribution is 5.91. The van der Waals surface area contributed by atoms with Crippen LogP contribution in [0.2, 0.25) is 0 Å². The van der Waals surface area contributed by atoms with Gasteiger partial charge in [-0.2, -0.15) is 0 Å². The number of hydrogen-bond donors (Lipinski definition) is 1. The SMILES string of the molecule is Cc1ccc([N+](=O)[O-])cc1-c1c(-c2cccnc2)ccnc1N. The molecule has 2 aromatic heterocycles. The van der Waals surface area contributed by atoms with Gasteiger partial charge < -0.3 is 5.73 Å². The highest BCUT2D eigenvalue weighted by atomic mass is 16.6. The van der Waals surface area contributed by atoms with Gasteiger partial charge in [-0.1, -0.05) is 12.1 Å². The third kappa shape index (κ3) is 2.74. The lowest BCUT2D eigenvalue weighted by Gasteiger charge is -2.14. The number of benzene rings is 1. The molecule has 1 aromatic carbocycles. The lowest BCUT2D eigenvalue weighted by molar-refractivity contribution is -0.384. The summed E-state index contributed by atoms with van der Waals surface area (Å²) in [5, 5.41) is 11.1. The van der Waals surface area contributed by atoms with Crippen molar-refractivity contribution >= 4 is 11.5 Å². The molecule has 3 rings (SSSR count). The normalized spacial score (nSPS) is 10.5. The molecule has 0 saturated carbocycles. The van der Waals surface area contributed by atoms with Gasteiger partial charge in [0, 0.05) is 41.9 Å². The molecule has 0 bridgehead atoms. The Kier molecular flexibility index (Phi) is 3.72. The summed E-state index contributed by atoms with van der Waals surface area (Å²) in [6.45, 7) is 1.89. The molecule has 23 heavy (non-hydrogen) atoms. The van der Waals surface area contributed by atoms with E-state index in [9.17, 15) is 10.1 Å². The van der Waals surface area contributed by atoms with E-state index < -0.39 is 4.92 Å². The van der Waals surface area contributed by atoms with E-state index in [4.69, 9.17) is 5.73 Å². The van der Waals surface area contributed by atoms with Gasteiger partial charge in [-0.05, 0) is 35.7 Å². The van der Waals surface area contributed by atoms with Crippen molar-refractivity contribution in [3.63, 3.8) is 0 Å². The lowest BCUT2D eigenvalue weighted by Crippen LogP contribution is -1.99. The van der Waals surface area contributed by atoms with E-state index in [0.717, 1.165) is 16.7 Å². The van der Waals surface area contributed by atoms with Crippen molar-refractivity contribution in [2.24, 2.45) is 0 Å². The van der Waals surface area contributed by atoms with E-state index in [2.05, 4.69) is 9.97 Å². The first-order chi connectivity index (χ1) is 11.1. The molecule has 3 aromatic rings. The molecule has 0 spiro atoms. The zero-order chi connectivity index (χ0) is 16.4. The molecule has 0 amide bonds. The van der Waals surface area contributed by atoms with Gasteiger partial charge >= 0.3 is 0 Å². The Morgan fingerprint density at radius 3 is 2.65 bits per heavy atom. The van der Waals surface area contributed by atoms with E-state index in [0.29, 0.717) is 16.9 Å². The summed E-state index contributed by atoms with van der Waals surface area (Å²) in [6.07, 6.45) is 5.03. The molecule has 0 fully saturated rings. The van der Waals surface area contributed by atoms with Gasteiger partial charge in [0.25, 0.3) is 5.69 Å². The predicted molar refractivity (Wildman–Crippen MR) is 88.7 cm³/mol. The minimum atomic E-state index is -0.417. The molecule has 0 unspecified atom stereocenters. The first-order valence-electron chi connectivity index (χ1n) is 6.98. The summed E-state index contributed by atoms with van der Waals surface area (Å²) in [5.74, 6) is 0.329. The van der Waals surface area contributed by atoms with Crippen LogP contribution in [0, 0.1) is 17.0 Å². The Bertz CT molecular complexity index is 879. The van der Waals surface area contributed by atoms with E-state index in [-0.39, 0.29) is 5.69 Å². The Morgan fingerprint density at radius 2 is 1.96 bits per heavy atom. The second-order valence-electron chi connectivity index (χ2n) is 5.12. The van der Waals surface area contributed by atoms with Gasteiger partial charge in [0.05, 0.1) is 4.92 Å². The van der Waals surface area contributed by atoms with Crippen LogP contribution in [0.5, 0.6) is 0 Å². The van der Waals surface area contributed by atoms with Crippen LogP contribution in [0.15, 0.2) is 55.0 Å². The summed E-state index contributed by atoms with van der Waals surface area (Å²) in [4.78, 5) is 18.9. The Balaban J connectivity index is 2.29. The molecule has 0 aliphatic heterocycles. The van der Waals surface area contributed by atoms with Crippen LogP contribution in [0.3, 0.4) is 0 Å². The summed E-state index contributed by atoms with van der Waals surface area (Å²) < 4.78 is 0. The van der Waals surface area contributed by atoms with Crippen molar-refractivity contribution in [3.05, 3.63) is 70.7 Å². The number of nitro groups is 1. The van der Waals surface area contributed by atoms with Gasteiger partial charge in [-0.25, -0.2) is 4.98 Å². The molecule has 114 valence electrons. The minimum absolute atomic E-state index is 0.0194. The van der Waals surface area contributed by atoms with Crippen LogP contribution in [0.25, 0.3) is 22.3 Å². The van der Waals surface area contributed by atoms with Crippen LogP contribution in [-0.2, 0) is 0 Å². The topological polar surface area (TPSA) is 94.9 Å². The summed E-state index contributed by atoms with van der Waals surface area (Å²) in [6, 6.07) is 10.3. The molecule has 6 nitrogen and oxygen atoms in total. The fraction of sp³-hybridized carbons (Fsp3) is 0.0588. The first kappa shape index (κ1) is 14.6. The number of non-ortho nitro benzene ring substituents is 1. The number of nitrogen functional groups attached to an aromatic ring is 1. The first-order valence-corrected chi connectivity index (χ1v) is 6.98. The summed E-state index contributed by atoms with van der Waals surface area (Å²) in [5.41, 5.74) is 10.1. The van der Waals surface area contributed by atoms with Gasteiger partial charge in [0.2, 0.25) is 0 Å². The zero-order valence-electron chi connectivity index (χ0n) is 12.4. The lowest BCUT2D eigenvalue weighted by atomic mass is 9.93. The van der Waals surface area contributed by atoms with E-state index in [1.54, 1.807) is 24.7 Å². The second-order valence-corrected chi connectivity index (χ2v) is 5.12. The number of pyridine rings is 2. The van der Waals surface area contributed by atoms with Crippen molar-refractivity contribution in [1.29, 1.82) is 0 Å². The Labute approximate surface area is 132 Å². The standard InChI is InChI=1S/C17H14N4O2/c1-11-4-5-13(21(22)23)9-15(11)16-14(6-8-20-17(16)18)12-3-2-7-19-10-12/h2-10H,1H3,(H2,18,20). The second kappa shape index (κ2) is 5.84. The zero-order valence-corrected chi connectivity index (χ0v) is 12.4. The minimum Gasteiger partial charge on any atom is -0.383 e. The number of aryl methyl sites for hydroxylation is 1. The van der Waals surface area contributed by atoms with Gasteiger partial charge in [0.15, 0.2) is 0 Å². The van der Waals surface area contributed by atoms with Crippen molar-refractivity contribution in [3.8, 4) is 22.3 Å². The molecule has 0 radical (unpaired) electrons. The molecule has 0 aliphatic rings. The molecule has 0 saturated heterocycles. The molecular formula is C17H14N4O2. The largest absolute Gasteiger partial charge is 0.383 e. The number of rotatable bonds is 3. The highest BCUT2D eigenvalue weighted by Crippen LogP contribution is 2.38. The number of nitro benzene ring substituents is 1. The van der Waals surface area contributed by atoms with Crippen LogP contribution >= 0.6 is 0 Å². The molecule has 2 N–H and O–H groups in total. The maximum Gasteiger partial charge on any atom is 0.270 e. The van der Waals surface area contributed by atoms with Crippen molar-refractivity contribution < 1.29 is 4.92 Å². The summed E-state index contributed by atoms with van der Waals surface area (Å²) in [7, 11) is 0. The number of hydrogen-bond acceptors (Lipinski definition) is 5. The smallest absolute Gasteiger partial charge is 0.270 e. The number of nitrogens with two attached hydrogens (primary N) is 1. The van der Waals surface area contributed by atoms with Crippen molar-refractivity contribution in [1.82, 2.24) is 9.97 Å². The number of anilines is 1. The predicted octanol–water partition coefficient (Wildman–Crippen LogP) is 3.61.